The zero-order valence-corrected chi connectivity index (χ0v) is 13.5. The molecule has 0 atom stereocenters. The molecule has 13 nitrogen and oxygen atoms in total. The first-order chi connectivity index (χ1) is 8.94. The molecular weight excluding hydrogens is 378 g/mol. The highest BCUT2D eigenvalue weighted by Gasteiger charge is 2.57. The van der Waals surface area contributed by atoms with Gasteiger partial charge in [-0.1, -0.05) is 6.58 Å². The molecule has 0 heterocycles. The Bertz CT molecular complexity index is 484. The monoisotopic (exact) mass is 391 g/mol. The Balaban J connectivity index is 6.37. The smallest absolute Gasteiger partial charge is 0.330 e. The Morgan fingerprint density at radius 2 is 0.857 bits per heavy atom. The number of nitrogens with zero attached hydrogens (tertiary/aromatic N) is 1. The van der Waals surface area contributed by atoms with Crippen LogP contribution in [0.25, 0.3) is 0 Å². The van der Waals surface area contributed by atoms with Gasteiger partial charge in [-0.05, 0) is 6.20 Å². The van der Waals surface area contributed by atoms with Gasteiger partial charge in [0.05, 0.1) is 0 Å². The predicted octanol–water partition coefficient (Wildman–Crippen LogP) is -1.29. The maximum Gasteiger partial charge on any atom is 0.360 e. The Kier molecular flexibility index (Phi) is 6.37. The molecule has 0 bridgehead atoms. The van der Waals surface area contributed by atoms with Gasteiger partial charge < -0.3 is 44.0 Å². The second kappa shape index (κ2) is 6.33. The number of rotatable bonds is 7. The number of hydrogen-bond acceptors (Lipinski definition) is 5. The predicted molar refractivity (Wildman–Crippen MR) is 67.8 cm³/mol. The molecular formula is C4H13NO12P4. The summed E-state index contributed by atoms with van der Waals surface area (Å²) in [6.45, 7) is 2.81. The molecule has 17 heteroatoms. The van der Waals surface area contributed by atoms with Crippen molar-refractivity contribution >= 4 is 30.4 Å². The first kappa shape index (κ1) is 21.1. The SMILES string of the molecule is C=CN(C(P(=O)(O)O)P(=O)(O)O)C(P(=O)(O)O)P(=O)(O)O. The summed E-state index contributed by atoms with van der Waals surface area (Å²) in [5.74, 6) is 0. The molecule has 0 radical (unpaired) electrons. The van der Waals surface area contributed by atoms with Crippen LogP contribution in [0.15, 0.2) is 12.8 Å². The van der Waals surface area contributed by atoms with E-state index in [0.29, 0.717) is 0 Å². The Hall–Kier alpha value is 0.140. The quantitative estimate of drug-likeness (QED) is 0.236. The van der Waals surface area contributed by atoms with Crippen LogP contribution in [0.5, 0.6) is 0 Å². The van der Waals surface area contributed by atoms with Gasteiger partial charge in [-0.2, -0.15) is 0 Å². The largest absolute Gasteiger partial charge is 0.360 e. The molecule has 0 aliphatic carbocycles. The molecule has 0 fully saturated rings. The third-order valence-corrected chi connectivity index (χ3v) is 9.03. The lowest BCUT2D eigenvalue weighted by molar-refractivity contribution is 0.244. The minimum atomic E-state index is -5.76. The van der Waals surface area contributed by atoms with E-state index < -0.39 is 46.3 Å². The lowest BCUT2D eigenvalue weighted by Crippen LogP contribution is -2.39. The first-order valence-electron chi connectivity index (χ1n) is 4.55. The summed E-state index contributed by atoms with van der Waals surface area (Å²) >= 11 is 0. The fourth-order valence-corrected chi connectivity index (χ4v) is 7.25. The van der Waals surface area contributed by atoms with E-state index in [2.05, 4.69) is 6.58 Å². The van der Waals surface area contributed by atoms with Gasteiger partial charge in [-0.15, -0.1) is 0 Å². The highest BCUT2D eigenvalue weighted by molar-refractivity contribution is 7.72. The van der Waals surface area contributed by atoms with E-state index in [4.69, 9.17) is 39.1 Å². The van der Waals surface area contributed by atoms with Gasteiger partial charge in [0.1, 0.15) is 0 Å². The van der Waals surface area contributed by atoms with E-state index in [1.54, 1.807) is 0 Å². The van der Waals surface area contributed by atoms with Gasteiger partial charge in [0.25, 0.3) is 0 Å². The van der Waals surface area contributed by atoms with Crippen LogP contribution in [0.4, 0.5) is 0 Å². The zero-order valence-electron chi connectivity index (χ0n) is 9.89. The molecule has 0 aliphatic heterocycles. The van der Waals surface area contributed by atoms with Crippen molar-refractivity contribution in [2.45, 2.75) is 11.0 Å². The zero-order chi connectivity index (χ0) is 17.4. The molecule has 0 aromatic rings. The van der Waals surface area contributed by atoms with Gasteiger partial charge in [0, 0.05) is 0 Å². The summed E-state index contributed by atoms with van der Waals surface area (Å²) in [7, 11) is -23.0. The van der Waals surface area contributed by atoms with E-state index in [1.165, 1.54) is 0 Å². The summed E-state index contributed by atoms with van der Waals surface area (Å²) < 4.78 is 44.6. The van der Waals surface area contributed by atoms with Gasteiger partial charge in [0.15, 0.2) is 0 Å². The van der Waals surface area contributed by atoms with Gasteiger partial charge >= 0.3 is 30.4 Å². The first-order valence-corrected chi connectivity index (χ1v) is 11.3. The van der Waals surface area contributed by atoms with Crippen LogP contribution in [0.1, 0.15) is 0 Å². The van der Waals surface area contributed by atoms with Crippen LogP contribution in [0.2, 0.25) is 0 Å². The summed E-state index contributed by atoms with van der Waals surface area (Å²) in [5, 5.41) is 0. The third kappa shape index (κ3) is 5.69. The maximum atomic E-state index is 11.1. The molecule has 0 saturated heterocycles. The lowest BCUT2D eigenvalue weighted by Gasteiger charge is -2.36. The minimum absolute atomic E-state index is 0.117. The highest BCUT2D eigenvalue weighted by Crippen LogP contribution is 2.68. The fraction of sp³-hybridized carbons (Fsp3) is 0.500. The van der Waals surface area contributed by atoms with Crippen molar-refractivity contribution in [3.8, 4) is 0 Å². The molecule has 0 saturated carbocycles. The van der Waals surface area contributed by atoms with Crippen molar-refractivity contribution in [2.75, 3.05) is 0 Å². The van der Waals surface area contributed by atoms with Gasteiger partial charge in [-0.25, -0.2) is 0 Å². The fourth-order valence-electron chi connectivity index (χ4n) is 1.39. The van der Waals surface area contributed by atoms with Crippen molar-refractivity contribution in [1.82, 2.24) is 4.90 Å². The molecule has 0 rings (SSSR count). The number of hydrogen-bond donors (Lipinski definition) is 8. The molecule has 0 aromatic carbocycles. The Labute approximate surface area is 117 Å². The normalized spacial score (nSPS) is 14.6. The molecule has 126 valence electrons. The van der Waals surface area contributed by atoms with E-state index in [-0.39, 0.29) is 6.20 Å². The summed E-state index contributed by atoms with van der Waals surface area (Å²) in [6.07, 6.45) is 0.117. The van der Waals surface area contributed by atoms with Crippen molar-refractivity contribution in [3.05, 3.63) is 12.8 Å². The van der Waals surface area contributed by atoms with Crippen LogP contribution in [0.3, 0.4) is 0 Å². The minimum Gasteiger partial charge on any atom is -0.330 e. The Morgan fingerprint density at radius 1 is 0.667 bits per heavy atom. The second-order valence-corrected chi connectivity index (χ2v) is 11.2. The topological polar surface area (TPSA) is 233 Å². The lowest BCUT2D eigenvalue weighted by atomic mass is 10.8. The molecule has 21 heavy (non-hydrogen) atoms. The van der Waals surface area contributed by atoms with E-state index in [0.717, 1.165) is 0 Å². The molecule has 0 unspecified atom stereocenters. The second-order valence-electron chi connectivity index (χ2n) is 3.68. The standard InChI is InChI=1S/C4H13NO12P4/c1-2-5(3(18(6,7)8)19(9,10)11)4(20(12,13)14)21(15,16)17/h2-4H,1H2,(H2,6,7,8)(H2,9,10,11)(H2,12,13,14)(H2,15,16,17). The molecule has 0 spiro atoms. The summed E-state index contributed by atoms with van der Waals surface area (Å²) in [4.78, 5) is 70.9. The van der Waals surface area contributed by atoms with Crippen LogP contribution in [0, 0.1) is 0 Å². The third-order valence-electron chi connectivity index (χ3n) is 1.95. The van der Waals surface area contributed by atoms with Gasteiger partial charge in [-0.3, -0.25) is 18.3 Å². The van der Waals surface area contributed by atoms with Crippen LogP contribution >= 0.6 is 30.4 Å². The van der Waals surface area contributed by atoms with Crippen molar-refractivity contribution in [1.29, 1.82) is 0 Å². The summed E-state index contributed by atoms with van der Waals surface area (Å²) in [5.41, 5.74) is -6.43. The van der Waals surface area contributed by atoms with Gasteiger partial charge in [0.2, 0.25) is 11.0 Å². The Morgan fingerprint density at radius 3 is 0.952 bits per heavy atom. The van der Waals surface area contributed by atoms with Crippen molar-refractivity contribution in [3.63, 3.8) is 0 Å². The van der Waals surface area contributed by atoms with Crippen LogP contribution in [-0.2, 0) is 18.3 Å². The average molecular weight is 391 g/mol. The van der Waals surface area contributed by atoms with E-state index in [9.17, 15) is 18.3 Å². The maximum absolute atomic E-state index is 11.1. The molecule has 0 aromatic heterocycles. The van der Waals surface area contributed by atoms with Crippen molar-refractivity contribution < 1.29 is 57.4 Å². The van der Waals surface area contributed by atoms with Crippen LogP contribution < -0.4 is 0 Å². The van der Waals surface area contributed by atoms with Crippen molar-refractivity contribution in [2.24, 2.45) is 0 Å². The average Bonchev–Trinajstić information content (AvgIpc) is 2.06. The van der Waals surface area contributed by atoms with Crippen LogP contribution in [-0.4, -0.2) is 55.1 Å². The molecule has 0 amide bonds. The molecule has 8 N–H and O–H groups in total. The van der Waals surface area contributed by atoms with E-state index >= 15 is 0 Å². The summed E-state index contributed by atoms with van der Waals surface area (Å²) in [6, 6.07) is 0. The van der Waals surface area contributed by atoms with E-state index in [1.807, 2.05) is 0 Å². The molecule has 0 aliphatic rings. The highest BCUT2D eigenvalue weighted by atomic mass is 31.2.